The molecule has 2 heterocycles. The second-order valence-electron chi connectivity index (χ2n) is 6.27. The van der Waals surface area contributed by atoms with Crippen LogP contribution in [0.4, 0.5) is 11.8 Å². The Labute approximate surface area is 128 Å². The molecule has 4 N–H and O–H groups in total. The van der Waals surface area contributed by atoms with Crippen LogP contribution in [0.15, 0.2) is 6.07 Å². The van der Waals surface area contributed by atoms with Crippen LogP contribution in [0.5, 0.6) is 0 Å². The summed E-state index contributed by atoms with van der Waals surface area (Å²) in [4.78, 5) is 10.6. The minimum atomic E-state index is -0.635. The van der Waals surface area contributed by atoms with E-state index >= 15 is 0 Å². The van der Waals surface area contributed by atoms with Gasteiger partial charge in [-0.05, 0) is 44.6 Å². The number of hydrogen-bond donors (Lipinski definition) is 3. The van der Waals surface area contributed by atoms with Crippen molar-refractivity contribution in [3.8, 4) is 0 Å². The van der Waals surface area contributed by atoms with Crippen LogP contribution < -0.4 is 11.1 Å². The lowest BCUT2D eigenvalue weighted by atomic mass is 9.79. The zero-order chi connectivity index (χ0) is 15.0. The lowest BCUT2D eigenvalue weighted by molar-refractivity contribution is 0.00497. The summed E-state index contributed by atoms with van der Waals surface area (Å²) in [6.07, 6.45) is 3.84. The Morgan fingerprint density at radius 2 is 2.14 bits per heavy atom. The van der Waals surface area contributed by atoms with Gasteiger partial charge >= 0.3 is 0 Å². The standard InChI is InChI=1S/C15H22N4OS/c1-9-3-5-15(20,6-4-9)8-17-12-11-7-10(2)21-13(11)19-14(16)18-12/h7,9,20H,3-6,8H2,1-2H3,(H3,16,17,18,19). The summed E-state index contributed by atoms with van der Waals surface area (Å²) in [5.74, 6) is 1.72. The summed E-state index contributed by atoms with van der Waals surface area (Å²) in [7, 11) is 0. The molecule has 0 saturated heterocycles. The van der Waals surface area contributed by atoms with E-state index in [0.29, 0.717) is 12.5 Å². The Balaban J connectivity index is 1.79. The van der Waals surface area contributed by atoms with E-state index in [0.717, 1.165) is 41.7 Å². The minimum absolute atomic E-state index is 0.274. The van der Waals surface area contributed by atoms with Gasteiger partial charge in [-0.1, -0.05) is 6.92 Å². The molecule has 1 aliphatic carbocycles. The molecule has 0 aliphatic heterocycles. The number of nitrogens with two attached hydrogens (primary N) is 1. The van der Waals surface area contributed by atoms with Crippen molar-refractivity contribution in [2.24, 2.45) is 5.92 Å². The molecular formula is C15H22N4OS. The second-order valence-corrected chi connectivity index (χ2v) is 7.50. The number of fused-ring (bicyclic) bond motifs is 1. The van der Waals surface area contributed by atoms with Crippen LogP contribution in [-0.2, 0) is 0 Å². The Hall–Kier alpha value is -1.40. The van der Waals surface area contributed by atoms with Crippen LogP contribution in [0.2, 0.25) is 0 Å². The van der Waals surface area contributed by atoms with Crippen molar-refractivity contribution in [3.05, 3.63) is 10.9 Å². The largest absolute Gasteiger partial charge is 0.388 e. The monoisotopic (exact) mass is 306 g/mol. The maximum absolute atomic E-state index is 10.7. The van der Waals surface area contributed by atoms with E-state index in [1.807, 2.05) is 6.92 Å². The van der Waals surface area contributed by atoms with Crippen molar-refractivity contribution < 1.29 is 5.11 Å². The van der Waals surface area contributed by atoms with E-state index in [9.17, 15) is 5.11 Å². The maximum atomic E-state index is 10.7. The number of anilines is 2. The lowest BCUT2D eigenvalue weighted by Crippen LogP contribution is -2.40. The van der Waals surface area contributed by atoms with Gasteiger partial charge in [0.15, 0.2) is 0 Å². The topological polar surface area (TPSA) is 84.1 Å². The number of nitrogens with one attached hydrogen (secondary N) is 1. The fourth-order valence-electron chi connectivity index (χ4n) is 2.92. The summed E-state index contributed by atoms with van der Waals surface area (Å²) < 4.78 is 0. The molecule has 2 aromatic rings. The van der Waals surface area contributed by atoms with Crippen molar-refractivity contribution in [2.45, 2.75) is 45.1 Å². The molecule has 0 atom stereocenters. The molecule has 0 aromatic carbocycles. The molecule has 0 amide bonds. The van der Waals surface area contributed by atoms with Crippen LogP contribution >= 0.6 is 11.3 Å². The van der Waals surface area contributed by atoms with Crippen molar-refractivity contribution >= 4 is 33.3 Å². The Morgan fingerprint density at radius 1 is 1.43 bits per heavy atom. The first-order valence-corrected chi connectivity index (χ1v) is 8.27. The third-order valence-corrected chi connectivity index (χ3v) is 5.27. The Morgan fingerprint density at radius 3 is 2.86 bits per heavy atom. The van der Waals surface area contributed by atoms with Crippen molar-refractivity contribution in [3.63, 3.8) is 0 Å². The summed E-state index contributed by atoms with van der Waals surface area (Å²) in [5, 5.41) is 14.9. The number of nitrogen functional groups attached to an aromatic ring is 1. The number of hydrogen-bond acceptors (Lipinski definition) is 6. The third-order valence-electron chi connectivity index (χ3n) is 4.32. The fraction of sp³-hybridized carbons (Fsp3) is 0.600. The molecule has 3 rings (SSSR count). The first-order valence-electron chi connectivity index (χ1n) is 7.45. The molecule has 0 spiro atoms. The normalized spacial score (nSPS) is 26.1. The fourth-order valence-corrected chi connectivity index (χ4v) is 3.80. The van der Waals surface area contributed by atoms with Gasteiger partial charge in [0.1, 0.15) is 10.6 Å². The molecule has 2 aromatic heterocycles. The SMILES string of the molecule is Cc1cc2c(NCC3(O)CCC(C)CC3)nc(N)nc2s1. The van der Waals surface area contributed by atoms with Gasteiger partial charge in [0.05, 0.1) is 11.0 Å². The first kappa shape index (κ1) is 14.5. The highest BCUT2D eigenvalue weighted by molar-refractivity contribution is 7.18. The van der Waals surface area contributed by atoms with E-state index in [-0.39, 0.29) is 5.95 Å². The van der Waals surface area contributed by atoms with Gasteiger partial charge in [0.25, 0.3) is 0 Å². The average molecular weight is 306 g/mol. The van der Waals surface area contributed by atoms with Gasteiger partial charge in [-0.25, -0.2) is 4.98 Å². The zero-order valence-electron chi connectivity index (χ0n) is 12.5. The lowest BCUT2D eigenvalue weighted by Gasteiger charge is -2.35. The number of thiophene rings is 1. The highest BCUT2D eigenvalue weighted by atomic mass is 32.1. The van der Waals surface area contributed by atoms with Gasteiger partial charge in [-0.3, -0.25) is 0 Å². The predicted octanol–water partition coefficient (Wildman–Crippen LogP) is 2.94. The molecule has 0 bridgehead atoms. The summed E-state index contributed by atoms with van der Waals surface area (Å²) >= 11 is 1.61. The minimum Gasteiger partial charge on any atom is -0.388 e. The number of nitrogens with zero attached hydrogens (tertiary/aromatic N) is 2. The predicted molar refractivity (Wildman–Crippen MR) is 87.6 cm³/mol. The van der Waals surface area contributed by atoms with E-state index in [4.69, 9.17) is 5.73 Å². The van der Waals surface area contributed by atoms with E-state index in [2.05, 4.69) is 28.3 Å². The highest BCUT2D eigenvalue weighted by Crippen LogP contribution is 2.33. The van der Waals surface area contributed by atoms with E-state index in [1.54, 1.807) is 11.3 Å². The molecule has 21 heavy (non-hydrogen) atoms. The molecule has 5 nitrogen and oxygen atoms in total. The molecular weight excluding hydrogens is 284 g/mol. The van der Waals surface area contributed by atoms with Gasteiger partial charge in [0, 0.05) is 11.4 Å². The second kappa shape index (κ2) is 5.42. The number of rotatable bonds is 3. The van der Waals surface area contributed by atoms with E-state index < -0.39 is 5.60 Å². The summed E-state index contributed by atoms with van der Waals surface area (Å²) in [6.45, 7) is 4.80. The van der Waals surface area contributed by atoms with Crippen molar-refractivity contribution in [1.29, 1.82) is 0 Å². The molecule has 1 saturated carbocycles. The van der Waals surface area contributed by atoms with Gasteiger partial charge in [-0.15, -0.1) is 11.3 Å². The number of aromatic nitrogens is 2. The Kier molecular flexibility index (Phi) is 3.75. The molecule has 6 heteroatoms. The molecule has 0 unspecified atom stereocenters. The maximum Gasteiger partial charge on any atom is 0.223 e. The molecule has 1 fully saturated rings. The van der Waals surface area contributed by atoms with Gasteiger partial charge < -0.3 is 16.2 Å². The Bertz CT molecular complexity index is 646. The average Bonchev–Trinajstić information content (AvgIpc) is 2.80. The number of aryl methyl sites for hydroxylation is 1. The first-order chi connectivity index (χ1) is 9.95. The van der Waals surface area contributed by atoms with Gasteiger partial charge in [-0.2, -0.15) is 4.98 Å². The summed E-state index contributed by atoms with van der Waals surface area (Å²) in [5.41, 5.74) is 5.14. The zero-order valence-corrected chi connectivity index (χ0v) is 13.3. The quantitative estimate of drug-likeness (QED) is 0.812. The van der Waals surface area contributed by atoms with Crippen LogP contribution in [0, 0.1) is 12.8 Å². The molecule has 1 aliphatic rings. The number of aliphatic hydroxyl groups is 1. The van der Waals surface area contributed by atoms with Crippen LogP contribution in [0.1, 0.15) is 37.5 Å². The van der Waals surface area contributed by atoms with Crippen LogP contribution in [0.3, 0.4) is 0 Å². The molecule has 0 radical (unpaired) electrons. The molecule has 114 valence electrons. The summed E-state index contributed by atoms with van der Waals surface area (Å²) in [6, 6.07) is 2.06. The van der Waals surface area contributed by atoms with Crippen LogP contribution in [0.25, 0.3) is 10.2 Å². The van der Waals surface area contributed by atoms with Crippen molar-refractivity contribution in [2.75, 3.05) is 17.6 Å². The van der Waals surface area contributed by atoms with Gasteiger partial charge in [0.2, 0.25) is 5.95 Å². The highest BCUT2D eigenvalue weighted by Gasteiger charge is 2.31. The van der Waals surface area contributed by atoms with Crippen molar-refractivity contribution in [1.82, 2.24) is 9.97 Å². The third kappa shape index (κ3) is 3.11. The van der Waals surface area contributed by atoms with Crippen LogP contribution in [-0.4, -0.2) is 27.2 Å². The smallest absolute Gasteiger partial charge is 0.223 e. The van der Waals surface area contributed by atoms with E-state index in [1.165, 1.54) is 4.88 Å².